The molecule has 2 rings (SSSR count). The molecular formula is C20H33N5O7. The summed E-state index contributed by atoms with van der Waals surface area (Å²) < 4.78 is 5.19. The standard InChI is InChI=1S/C20H33N5O7/c1-2-8-22-19(30)32-14-10-20(31,17(28)23-11-15(21)26)9-13(16(14)27)25-18(29)24-12-6-4-3-5-7-12/h2,12-14,16,27,31H,1,3-11H2,(H2,21,26)(H,22,30)(H,23,28)(H2,24,25,29). The van der Waals surface area contributed by atoms with E-state index in [1.165, 1.54) is 6.08 Å². The lowest BCUT2D eigenvalue weighted by molar-refractivity contribution is -0.158. The van der Waals surface area contributed by atoms with Gasteiger partial charge in [0, 0.05) is 25.4 Å². The molecule has 12 nitrogen and oxygen atoms in total. The van der Waals surface area contributed by atoms with Crippen molar-refractivity contribution in [2.75, 3.05) is 13.1 Å². The maximum atomic E-state index is 12.5. The third kappa shape index (κ3) is 7.38. The number of ether oxygens (including phenoxy) is 1. The number of aliphatic hydroxyl groups excluding tert-OH is 1. The van der Waals surface area contributed by atoms with Gasteiger partial charge in [-0.1, -0.05) is 25.3 Å². The summed E-state index contributed by atoms with van der Waals surface area (Å²) in [7, 11) is 0. The smallest absolute Gasteiger partial charge is 0.407 e. The molecule has 0 radical (unpaired) electrons. The van der Waals surface area contributed by atoms with Crippen LogP contribution in [0.15, 0.2) is 12.7 Å². The van der Waals surface area contributed by atoms with Crippen LogP contribution in [0.5, 0.6) is 0 Å². The number of hydrogen-bond donors (Lipinski definition) is 7. The van der Waals surface area contributed by atoms with Gasteiger partial charge in [-0.2, -0.15) is 0 Å². The average Bonchev–Trinajstić information content (AvgIpc) is 2.74. The van der Waals surface area contributed by atoms with E-state index < -0.39 is 60.8 Å². The van der Waals surface area contributed by atoms with E-state index in [1.54, 1.807) is 0 Å². The first-order chi connectivity index (χ1) is 15.1. The van der Waals surface area contributed by atoms with Crippen molar-refractivity contribution >= 4 is 23.9 Å². The minimum atomic E-state index is -2.12. The minimum absolute atomic E-state index is 0.000963. The van der Waals surface area contributed by atoms with E-state index >= 15 is 0 Å². The van der Waals surface area contributed by atoms with Crippen molar-refractivity contribution in [2.45, 2.75) is 74.8 Å². The van der Waals surface area contributed by atoms with Gasteiger partial charge in [-0.3, -0.25) is 9.59 Å². The molecule has 4 atom stereocenters. The van der Waals surface area contributed by atoms with Crippen LogP contribution in [-0.2, 0) is 14.3 Å². The van der Waals surface area contributed by atoms with Crippen molar-refractivity contribution in [2.24, 2.45) is 5.73 Å². The molecule has 0 heterocycles. The Morgan fingerprint density at radius 3 is 2.41 bits per heavy atom. The fourth-order valence-corrected chi connectivity index (χ4v) is 4.02. The van der Waals surface area contributed by atoms with E-state index in [0.29, 0.717) is 0 Å². The molecule has 0 aromatic carbocycles. The second-order valence-electron chi connectivity index (χ2n) is 8.25. The van der Waals surface area contributed by atoms with E-state index in [0.717, 1.165) is 32.1 Å². The number of rotatable bonds is 8. The molecule has 32 heavy (non-hydrogen) atoms. The Bertz CT molecular complexity index is 712. The van der Waals surface area contributed by atoms with E-state index in [9.17, 15) is 29.4 Å². The number of amides is 5. The molecule has 0 aromatic heterocycles. The number of nitrogens with two attached hydrogens (primary N) is 1. The molecule has 0 aliphatic heterocycles. The largest absolute Gasteiger partial charge is 0.443 e. The van der Waals surface area contributed by atoms with E-state index in [2.05, 4.69) is 27.8 Å². The van der Waals surface area contributed by atoms with Crippen LogP contribution in [0.3, 0.4) is 0 Å². The highest BCUT2D eigenvalue weighted by Crippen LogP contribution is 2.31. The molecule has 0 aromatic rings. The normalized spacial score (nSPS) is 28.1. The minimum Gasteiger partial charge on any atom is -0.443 e. The Hall–Kier alpha value is -2.86. The van der Waals surface area contributed by atoms with Gasteiger partial charge in [-0.15, -0.1) is 6.58 Å². The van der Waals surface area contributed by atoms with Gasteiger partial charge < -0.3 is 42.0 Å². The Kier molecular flexibility index (Phi) is 9.27. The van der Waals surface area contributed by atoms with Gasteiger partial charge in [0.15, 0.2) is 0 Å². The SMILES string of the molecule is C=CCNC(=O)OC1CC(O)(C(=O)NCC(N)=O)CC(NC(=O)NC2CCCCC2)C1O. The van der Waals surface area contributed by atoms with Crippen LogP contribution in [0.2, 0.25) is 0 Å². The van der Waals surface area contributed by atoms with Crippen molar-refractivity contribution in [3.63, 3.8) is 0 Å². The van der Waals surface area contributed by atoms with Crippen LogP contribution in [-0.4, -0.2) is 77.1 Å². The molecule has 2 saturated carbocycles. The predicted molar refractivity (Wildman–Crippen MR) is 113 cm³/mol. The molecule has 180 valence electrons. The second-order valence-corrected chi connectivity index (χ2v) is 8.25. The monoisotopic (exact) mass is 455 g/mol. The summed E-state index contributed by atoms with van der Waals surface area (Å²) in [6.07, 6.45) is 1.86. The number of nitrogens with one attached hydrogen (secondary N) is 4. The van der Waals surface area contributed by atoms with Crippen molar-refractivity contribution in [1.29, 1.82) is 0 Å². The summed E-state index contributed by atoms with van der Waals surface area (Å²) in [6, 6.07) is -1.66. The number of urea groups is 1. The van der Waals surface area contributed by atoms with Gasteiger partial charge in [0.05, 0.1) is 12.6 Å². The molecule has 2 aliphatic carbocycles. The maximum absolute atomic E-state index is 12.5. The number of aliphatic hydroxyl groups is 2. The van der Waals surface area contributed by atoms with Gasteiger partial charge in [0.25, 0.3) is 5.91 Å². The molecule has 4 unspecified atom stereocenters. The molecule has 2 aliphatic rings. The lowest BCUT2D eigenvalue weighted by Crippen LogP contribution is -2.65. The third-order valence-corrected chi connectivity index (χ3v) is 5.64. The Labute approximate surface area is 186 Å². The van der Waals surface area contributed by atoms with E-state index in [4.69, 9.17) is 10.5 Å². The van der Waals surface area contributed by atoms with Crippen LogP contribution in [0.4, 0.5) is 9.59 Å². The average molecular weight is 456 g/mol. The molecule has 5 amide bonds. The molecule has 2 fully saturated rings. The van der Waals surface area contributed by atoms with Gasteiger partial charge >= 0.3 is 12.1 Å². The van der Waals surface area contributed by atoms with Gasteiger partial charge in [0.1, 0.15) is 17.8 Å². The molecule has 0 saturated heterocycles. The molecule has 0 bridgehead atoms. The highest BCUT2D eigenvalue weighted by molar-refractivity contribution is 5.89. The number of hydrogen-bond acceptors (Lipinski definition) is 7. The highest BCUT2D eigenvalue weighted by atomic mass is 16.6. The maximum Gasteiger partial charge on any atom is 0.407 e. The van der Waals surface area contributed by atoms with Crippen LogP contribution in [0.25, 0.3) is 0 Å². The van der Waals surface area contributed by atoms with Crippen LogP contribution >= 0.6 is 0 Å². The van der Waals surface area contributed by atoms with Gasteiger partial charge in [-0.05, 0) is 12.8 Å². The summed E-state index contributed by atoms with van der Waals surface area (Å²) in [5, 5.41) is 31.7. The summed E-state index contributed by atoms with van der Waals surface area (Å²) in [4.78, 5) is 48.0. The molecular weight excluding hydrogens is 422 g/mol. The summed E-state index contributed by atoms with van der Waals surface area (Å²) in [6.45, 7) is 3.07. The zero-order chi connectivity index (χ0) is 23.7. The van der Waals surface area contributed by atoms with E-state index in [-0.39, 0.29) is 19.0 Å². The first-order valence-corrected chi connectivity index (χ1v) is 10.7. The lowest BCUT2D eigenvalue weighted by atomic mass is 9.77. The first kappa shape index (κ1) is 25.4. The Morgan fingerprint density at radius 2 is 1.78 bits per heavy atom. The quantitative estimate of drug-likeness (QED) is 0.222. The Balaban J connectivity index is 2.11. The second kappa shape index (κ2) is 11.7. The summed E-state index contributed by atoms with van der Waals surface area (Å²) in [5.74, 6) is -1.74. The van der Waals surface area contributed by atoms with Crippen molar-refractivity contribution in [3.05, 3.63) is 12.7 Å². The summed E-state index contributed by atoms with van der Waals surface area (Å²) in [5.41, 5.74) is 2.91. The highest BCUT2D eigenvalue weighted by Gasteiger charge is 2.51. The lowest BCUT2D eigenvalue weighted by Gasteiger charge is -2.42. The Morgan fingerprint density at radius 1 is 1.09 bits per heavy atom. The number of carbonyl (C=O) groups is 4. The molecule has 8 N–H and O–H groups in total. The fourth-order valence-electron chi connectivity index (χ4n) is 4.02. The van der Waals surface area contributed by atoms with E-state index in [1.807, 2.05) is 0 Å². The van der Waals surface area contributed by atoms with Crippen LogP contribution in [0, 0.1) is 0 Å². The molecule has 12 heteroatoms. The summed E-state index contributed by atoms with van der Waals surface area (Å²) >= 11 is 0. The van der Waals surface area contributed by atoms with Gasteiger partial charge in [-0.25, -0.2) is 9.59 Å². The molecule has 0 spiro atoms. The number of alkyl carbamates (subject to hydrolysis) is 1. The zero-order valence-corrected chi connectivity index (χ0v) is 18.0. The number of carbonyl (C=O) groups excluding carboxylic acids is 4. The zero-order valence-electron chi connectivity index (χ0n) is 18.0. The van der Waals surface area contributed by atoms with Crippen LogP contribution < -0.4 is 27.0 Å². The first-order valence-electron chi connectivity index (χ1n) is 10.7. The van der Waals surface area contributed by atoms with Gasteiger partial charge in [0.2, 0.25) is 5.91 Å². The fraction of sp³-hybridized carbons (Fsp3) is 0.700. The van der Waals surface area contributed by atoms with Crippen molar-refractivity contribution in [1.82, 2.24) is 21.3 Å². The topological polar surface area (TPSA) is 192 Å². The van der Waals surface area contributed by atoms with Crippen molar-refractivity contribution < 1.29 is 34.1 Å². The third-order valence-electron chi connectivity index (χ3n) is 5.64. The van der Waals surface area contributed by atoms with Crippen LogP contribution in [0.1, 0.15) is 44.9 Å². The van der Waals surface area contributed by atoms with Crippen molar-refractivity contribution in [3.8, 4) is 0 Å². The predicted octanol–water partition coefficient (Wildman–Crippen LogP) is -1.24. The number of primary amides is 1.